The van der Waals surface area contributed by atoms with E-state index in [1.54, 1.807) is 42.5 Å². The van der Waals surface area contributed by atoms with Crippen molar-refractivity contribution in [1.29, 1.82) is 0 Å². The molecule has 4 aromatic rings. The molecular weight excluding hydrogens is 445 g/mol. The number of aromatic nitrogens is 2. The number of hydrogen-bond acceptors (Lipinski definition) is 6. The van der Waals surface area contributed by atoms with Crippen molar-refractivity contribution in [2.45, 2.75) is 11.1 Å². The number of para-hydroxylation sites is 1. The predicted molar refractivity (Wildman–Crippen MR) is 112 cm³/mol. The summed E-state index contributed by atoms with van der Waals surface area (Å²) in [6.07, 6.45) is -4.43. The second kappa shape index (κ2) is 8.35. The van der Waals surface area contributed by atoms with Crippen molar-refractivity contribution >= 4 is 27.4 Å². The van der Waals surface area contributed by atoms with E-state index < -0.39 is 21.8 Å². The molecule has 0 saturated heterocycles. The van der Waals surface area contributed by atoms with Gasteiger partial charge in [-0.1, -0.05) is 35.4 Å². The average molecular weight is 460 g/mol. The van der Waals surface area contributed by atoms with Gasteiger partial charge < -0.3 is 9.73 Å². The Balaban J connectivity index is 1.57. The molecule has 0 amide bonds. The lowest BCUT2D eigenvalue weighted by Crippen LogP contribution is -2.12. The Morgan fingerprint density at radius 2 is 1.47 bits per heavy atom. The molecular formula is C21H15F3N4O3S. The van der Waals surface area contributed by atoms with Gasteiger partial charge in [-0.3, -0.25) is 0 Å². The standard InChI is InChI=1S/C21H15F3N4O3S/c22-21(23,24)14-10-12-15(13-11-14)25-18-9-5-4-8-17(18)19-26-27-20(31-19)28-32(29,30)16-6-2-1-3-7-16/h1-13,25H,(H,27,28). The third kappa shape index (κ3) is 4.72. The Kier molecular flexibility index (Phi) is 5.57. The van der Waals surface area contributed by atoms with E-state index in [1.165, 1.54) is 24.3 Å². The normalized spacial score (nSPS) is 11.8. The Bertz CT molecular complexity index is 1320. The van der Waals surface area contributed by atoms with Gasteiger partial charge in [0.1, 0.15) is 0 Å². The van der Waals surface area contributed by atoms with Crippen molar-refractivity contribution < 1.29 is 26.0 Å². The number of anilines is 3. The van der Waals surface area contributed by atoms with Crippen molar-refractivity contribution in [3.05, 3.63) is 84.4 Å². The topological polar surface area (TPSA) is 97.1 Å². The van der Waals surface area contributed by atoms with E-state index in [-0.39, 0.29) is 16.8 Å². The predicted octanol–water partition coefficient (Wildman–Crippen LogP) is 5.30. The molecule has 0 atom stereocenters. The molecule has 1 aromatic heterocycles. The minimum absolute atomic E-state index is 0.0192. The maximum atomic E-state index is 12.8. The largest absolute Gasteiger partial charge is 0.416 e. The van der Waals surface area contributed by atoms with Crippen molar-refractivity contribution in [2.75, 3.05) is 10.0 Å². The summed E-state index contributed by atoms with van der Waals surface area (Å²) in [5.74, 6) is 0.0192. The van der Waals surface area contributed by atoms with Crippen molar-refractivity contribution in [1.82, 2.24) is 10.2 Å². The zero-order valence-corrected chi connectivity index (χ0v) is 17.0. The fraction of sp³-hybridized carbons (Fsp3) is 0.0476. The molecule has 1 heterocycles. The number of rotatable bonds is 6. The lowest BCUT2D eigenvalue weighted by atomic mass is 10.1. The summed E-state index contributed by atoms with van der Waals surface area (Å²) < 4.78 is 70.8. The van der Waals surface area contributed by atoms with Crippen LogP contribution < -0.4 is 10.0 Å². The molecule has 0 saturated carbocycles. The number of sulfonamides is 1. The van der Waals surface area contributed by atoms with Crippen LogP contribution in [0, 0.1) is 0 Å². The Morgan fingerprint density at radius 3 is 2.16 bits per heavy atom. The van der Waals surface area contributed by atoms with Crippen molar-refractivity contribution in [2.24, 2.45) is 0 Å². The van der Waals surface area contributed by atoms with Crippen LogP contribution in [0.2, 0.25) is 0 Å². The van der Waals surface area contributed by atoms with E-state index in [2.05, 4.69) is 20.2 Å². The minimum Gasteiger partial charge on any atom is -0.403 e. The van der Waals surface area contributed by atoms with Gasteiger partial charge in [-0.2, -0.15) is 13.2 Å². The second-order valence-corrected chi connectivity index (χ2v) is 8.26. The number of nitrogens with one attached hydrogen (secondary N) is 2. The first-order valence-electron chi connectivity index (χ1n) is 9.17. The van der Waals surface area contributed by atoms with Gasteiger partial charge in [0, 0.05) is 5.69 Å². The third-order valence-corrected chi connectivity index (χ3v) is 5.69. The number of alkyl halides is 3. The number of halogens is 3. The van der Waals surface area contributed by atoms with Gasteiger partial charge in [-0.05, 0) is 48.5 Å². The smallest absolute Gasteiger partial charge is 0.403 e. The second-order valence-electron chi connectivity index (χ2n) is 6.58. The molecule has 3 aromatic carbocycles. The molecule has 7 nitrogen and oxygen atoms in total. The van der Waals surface area contributed by atoms with Gasteiger partial charge >= 0.3 is 12.2 Å². The van der Waals surface area contributed by atoms with Crippen LogP contribution in [0.4, 0.5) is 30.6 Å². The van der Waals surface area contributed by atoms with Crippen LogP contribution in [0.1, 0.15) is 5.56 Å². The highest BCUT2D eigenvalue weighted by Crippen LogP contribution is 2.33. The molecule has 0 aliphatic rings. The van der Waals surface area contributed by atoms with Crippen LogP contribution in [0.25, 0.3) is 11.5 Å². The summed E-state index contributed by atoms with van der Waals surface area (Å²) in [4.78, 5) is 0.0316. The van der Waals surface area contributed by atoms with Gasteiger partial charge in [-0.15, -0.1) is 5.10 Å². The molecule has 2 N–H and O–H groups in total. The van der Waals surface area contributed by atoms with E-state index in [0.717, 1.165) is 12.1 Å². The molecule has 0 spiro atoms. The number of nitrogens with zero attached hydrogens (tertiary/aromatic N) is 2. The zero-order valence-electron chi connectivity index (χ0n) is 16.2. The quantitative estimate of drug-likeness (QED) is 0.405. The van der Waals surface area contributed by atoms with Crippen LogP contribution in [0.3, 0.4) is 0 Å². The molecule has 0 bridgehead atoms. The number of hydrogen-bond donors (Lipinski definition) is 2. The highest BCUT2D eigenvalue weighted by atomic mass is 32.2. The van der Waals surface area contributed by atoms with Crippen molar-refractivity contribution in [3.8, 4) is 11.5 Å². The Morgan fingerprint density at radius 1 is 0.812 bits per heavy atom. The molecule has 164 valence electrons. The lowest BCUT2D eigenvalue weighted by molar-refractivity contribution is -0.137. The summed E-state index contributed by atoms with van der Waals surface area (Å²) >= 11 is 0. The SMILES string of the molecule is O=S(=O)(Nc1nnc(-c2ccccc2Nc2ccc(C(F)(F)F)cc2)o1)c1ccccc1. The van der Waals surface area contributed by atoms with Gasteiger partial charge in [0.2, 0.25) is 0 Å². The molecule has 0 aliphatic heterocycles. The van der Waals surface area contributed by atoms with Crippen LogP contribution >= 0.6 is 0 Å². The van der Waals surface area contributed by atoms with Crippen LogP contribution in [0.5, 0.6) is 0 Å². The van der Waals surface area contributed by atoms with E-state index >= 15 is 0 Å². The fourth-order valence-corrected chi connectivity index (χ4v) is 3.77. The molecule has 0 aliphatic carbocycles. The average Bonchev–Trinajstić information content (AvgIpc) is 3.22. The summed E-state index contributed by atoms with van der Waals surface area (Å²) in [6.45, 7) is 0. The van der Waals surface area contributed by atoms with E-state index in [0.29, 0.717) is 16.9 Å². The van der Waals surface area contributed by atoms with E-state index in [4.69, 9.17) is 4.42 Å². The first-order valence-corrected chi connectivity index (χ1v) is 10.7. The van der Waals surface area contributed by atoms with E-state index in [1.807, 2.05) is 0 Å². The van der Waals surface area contributed by atoms with Crippen molar-refractivity contribution in [3.63, 3.8) is 0 Å². The maximum absolute atomic E-state index is 12.8. The first kappa shape index (κ1) is 21.4. The number of benzene rings is 3. The highest BCUT2D eigenvalue weighted by Gasteiger charge is 2.30. The molecule has 4 rings (SSSR count). The molecule has 32 heavy (non-hydrogen) atoms. The van der Waals surface area contributed by atoms with Crippen LogP contribution in [-0.4, -0.2) is 18.6 Å². The van der Waals surface area contributed by atoms with Gasteiger partial charge in [0.25, 0.3) is 15.9 Å². The molecule has 11 heteroatoms. The summed E-state index contributed by atoms with van der Waals surface area (Å²) in [5.41, 5.74) is 0.567. The molecule has 0 radical (unpaired) electrons. The summed E-state index contributed by atoms with van der Waals surface area (Å²) in [5, 5.41) is 10.6. The third-order valence-electron chi connectivity index (χ3n) is 4.35. The van der Waals surface area contributed by atoms with Gasteiger partial charge in [0.05, 0.1) is 21.7 Å². The van der Waals surface area contributed by atoms with Crippen LogP contribution in [0.15, 0.2) is 88.2 Å². The Labute approximate surface area is 181 Å². The van der Waals surface area contributed by atoms with Gasteiger partial charge in [0.15, 0.2) is 0 Å². The fourth-order valence-electron chi connectivity index (χ4n) is 2.82. The van der Waals surface area contributed by atoms with E-state index in [9.17, 15) is 21.6 Å². The Hall–Kier alpha value is -3.86. The maximum Gasteiger partial charge on any atom is 0.416 e. The lowest BCUT2D eigenvalue weighted by Gasteiger charge is -2.11. The first-order chi connectivity index (χ1) is 15.2. The van der Waals surface area contributed by atoms with Crippen LogP contribution in [-0.2, 0) is 16.2 Å². The molecule has 0 unspecified atom stereocenters. The highest BCUT2D eigenvalue weighted by molar-refractivity contribution is 7.92. The summed E-state index contributed by atoms with van der Waals surface area (Å²) in [7, 11) is -3.91. The summed E-state index contributed by atoms with van der Waals surface area (Å²) in [6, 6.07) is 18.6. The monoisotopic (exact) mass is 460 g/mol. The zero-order chi connectivity index (χ0) is 22.8. The minimum atomic E-state index is -4.43. The van der Waals surface area contributed by atoms with Gasteiger partial charge in [-0.25, -0.2) is 13.1 Å². The molecule has 0 fully saturated rings.